The van der Waals surface area contributed by atoms with E-state index < -0.39 is 0 Å². The van der Waals surface area contributed by atoms with Crippen LogP contribution in [0.2, 0.25) is 0 Å². The van der Waals surface area contributed by atoms with Gasteiger partial charge >= 0.3 is 0 Å². The Morgan fingerprint density at radius 3 is 2.75 bits per heavy atom. The fourth-order valence-electron chi connectivity index (χ4n) is 2.39. The van der Waals surface area contributed by atoms with Gasteiger partial charge in [0.2, 0.25) is 0 Å². The van der Waals surface area contributed by atoms with Crippen LogP contribution in [0.3, 0.4) is 0 Å². The average molecular weight is 286 g/mol. The largest absolute Gasteiger partial charge is 0.279 e. The van der Waals surface area contributed by atoms with Crippen molar-refractivity contribution in [1.82, 2.24) is 14.5 Å². The van der Waals surface area contributed by atoms with Gasteiger partial charge in [-0.3, -0.25) is 4.57 Å². The predicted octanol–water partition coefficient (Wildman–Crippen LogP) is 4.34. The topological polar surface area (TPSA) is 30.7 Å². The second kappa shape index (κ2) is 4.91. The van der Waals surface area contributed by atoms with Crippen LogP contribution in [0, 0.1) is 13.8 Å². The van der Waals surface area contributed by atoms with Crippen LogP contribution in [0.15, 0.2) is 36.5 Å². The molecular weight excluding hydrogens is 270 g/mol. The zero-order chi connectivity index (χ0) is 14.3. The van der Waals surface area contributed by atoms with Crippen molar-refractivity contribution in [2.24, 2.45) is 0 Å². The van der Waals surface area contributed by atoms with Crippen molar-refractivity contribution in [2.45, 2.75) is 26.1 Å². The van der Waals surface area contributed by atoms with Crippen LogP contribution in [0.4, 0.5) is 0 Å². The van der Waals surface area contributed by atoms with Gasteiger partial charge in [0.25, 0.3) is 0 Å². The molecule has 0 amide bonds. The van der Waals surface area contributed by atoms with E-state index in [4.69, 9.17) is 11.6 Å². The minimum Gasteiger partial charge on any atom is -0.279 e. The molecule has 3 nitrogen and oxygen atoms in total. The summed E-state index contributed by atoms with van der Waals surface area (Å²) in [5.74, 6) is 0.828. The Kier molecular flexibility index (Phi) is 3.22. The number of benzene rings is 1. The van der Waals surface area contributed by atoms with E-state index in [0.717, 1.165) is 22.7 Å². The number of imidazole rings is 1. The normalized spacial score (nSPS) is 12.8. The lowest BCUT2D eigenvalue weighted by molar-refractivity contribution is 0.872. The van der Waals surface area contributed by atoms with E-state index in [1.54, 1.807) is 6.20 Å². The Balaban J connectivity index is 2.39. The van der Waals surface area contributed by atoms with Crippen molar-refractivity contribution < 1.29 is 0 Å². The molecule has 0 bridgehead atoms. The Morgan fingerprint density at radius 2 is 2.00 bits per heavy atom. The van der Waals surface area contributed by atoms with Crippen LogP contribution >= 0.6 is 11.6 Å². The second-order valence-electron chi connectivity index (χ2n) is 5.06. The van der Waals surface area contributed by atoms with E-state index in [-0.39, 0.29) is 5.38 Å². The molecular formula is C16H16ClN3. The number of rotatable bonds is 2. The third-order valence-corrected chi connectivity index (χ3v) is 3.60. The van der Waals surface area contributed by atoms with Gasteiger partial charge < -0.3 is 0 Å². The molecule has 1 aromatic carbocycles. The lowest BCUT2D eigenvalue weighted by Gasteiger charge is -2.13. The Bertz CT molecular complexity index is 774. The molecule has 1 atom stereocenters. The van der Waals surface area contributed by atoms with E-state index >= 15 is 0 Å². The zero-order valence-corrected chi connectivity index (χ0v) is 12.5. The molecule has 0 aliphatic carbocycles. The Morgan fingerprint density at radius 1 is 1.20 bits per heavy atom. The van der Waals surface area contributed by atoms with Gasteiger partial charge in [-0.05, 0) is 50.1 Å². The molecule has 20 heavy (non-hydrogen) atoms. The molecule has 4 heteroatoms. The Labute approximate surface area is 123 Å². The summed E-state index contributed by atoms with van der Waals surface area (Å²) in [6, 6.07) is 10.2. The monoisotopic (exact) mass is 285 g/mol. The van der Waals surface area contributed by atoms with Gasteiger partial charge in [-0.15, -0.1) is 11.6 Å². The van der Waals surface area contributed by atoms with Gasteiger partial charge in [-0.2, -0.15) is 0 Å². The highest BCUT2D eigenvalue weighted by atomic mass is 35.5. The number of fused-ring (bicyclic) bond motifs is 1. The number of nitrogens with zero attached hydrogens (tertiary/aromatic N) is 3. The molecule has 0 aliphatic heterocycles. The quantitative estimate of drug-likeness (QED) is 0.656. The van der Waals surface area contributed by atoms with Crippen molar-refractivity contribution in [1.29, 1.82) is 0 Å². The summed E-state index contributed by atoms with van der Waals surface area (Å²) in [5.41, 5.74) is 5.20. The van der Waals surface area contributed by atoms with Gasteiger partial charge in [0.15, 0.2) is 5.65 Å². The van der Waals surface area contributed by atoms with Crippen LogP contribution < -0.4 is 0 Å². The number of hydrogen-bond donors (Lipinski definition) is 0. The summed E-state index contributed by atoms with van der Waals surface area (Å²) in [6.07, 6.45) is 1.79. The first-order valence-corrected chi connectivity index (χ1v) is 7.06. The maximum atomic E-state index is 6.31. The first kappa shape index (κ1) is 13.1. The van der Waals surface area contributed by atoms with Crippen LogP contribution in [0.5, 0.6) is 0 Å². The summed E-state index contributed by atoms with van der Waals surface area (Å²) >= 11 is 6.31. The van der Waals surface area contributed by atoms with Crippen molar-refractivity contribution in [3.05, 3.63) is 53.5 Å². The SMILES string of the molecule is Cc1ccc(C)c(-n2c(C(C)Cl)nc3cccnc32)c1. The van der Waals surface area contributed by atoms with Crippen molar-refractivity contribution >= 4 is 22.8 Å². The van der Waals surface area contributed by atoms with Crippen LogP contribution in [0.1, 0.15) is 29.3 Å². The van der Waals surface area contributed by atoms with Gasteiger partial charge in [0.1, 0.15) is 11.3 Å². The number of hydrogen-bond acceptors (Lipinski definition) is 2. The molecule has 0 fully saturated rings. The second-order valence-corrected chi connectivity index (χ2v) is 5.71. The highest BCUT2D eigenvalue weighted by molar-refractivity contribution is 6.20. The molecule has 3 rings (SSSR count). The molecule has 0 saturated heterocycles. The molecule has 102 valence electrons. The summed E-state index contributed by atoms with van der Waals surface area (Å²) in [7, 11) is 0. The van der Waals surface area contributed by atoms with Crippen molar-refractivity contribution in [3.63, 3.8) is 0 Å². The lowest BCUT2D eigenvalue weighted by Crippen LogP contribution is -2.04. The Hall–Kier alpha value is -1.87. The highest BCUT2D eigenvalue weighted by Crippen LogP contribution is 2.28. The maximum Gasteiger partial charge on any atom is 0.164 e. The van der Waals surface area contributed by atoms with E-state index in [1.807, 2.05) is 19.1 Å². The minimum atomic E-state index is -0.177. The van der Waals surface area contributed by atoms with Gasteiger partial charge in [-0.1, -0.05) is 12.1 Å². The average Bonchev–Trinajstić information content (AvgIpc) is 2.81. The summed E-state index contributed by atoms with van der Waals surface area (Å²) in [5, 5.41) is -0.177. The summed E-state index contributed by atoms with van der Waals surface area (Å²) < 4.78 is 2.06. The molecule has 2 aromatic heterocycles. The third kappa shape index (κ3) is 2.08. The number of aryl methyl sites for hydroxylation is 2. The molecule has 0 aliphatic rings. The highest BCUT2D eigenvalue weighted by Gasteiger charge is 2.18. The standard InChI is InChI=1S/C16H16ClN3/c1-10-6-7-11(2)14(9-10)20-15(12(3)17)19-13-5-4-8-18-16(13)20/h4-9,12H,1-3H3. The fraction of sp³-hybridized carbons (Fsp3) is 0.250. The van der Waals surface area contributed by atoms with Crippen molar-refractivity contribution in [2.75, 3.05) is 0 Å². The van der Waals surface area contributed by atoms with E-state index in [2.05, 4.69) is 46.6 Å². The van der Waals surface area contributed by atoms with E-state index in [1.165, 1.54) is 11.1 Å². The first-order chi connectivity index (χ1) is 9.58. The number of pyridine rings is 1. The number of halogens is 1. The maximum absolute atomic E-state index is 6.31. The number of aromatic nitrogens is 3. The fourth-order valence-corrected chi connectivity index (χ4v) is 2.54. The molecule has 0 spiro atoms. The van der Waals surface area contributed by atoms with Crippen LogP contribution in [-0.2, 0) is 0 Å². The summed E-state index contributed by atoms with van der Waals surface area (Å²) in [6.45, 7) is 6.11. The van der Waals surface area contributed by atoms with Gasteiger partial charge in [0.05, 0.1) is 11.1 Å². The molecule has 0 saturated carbocycles. The molecule has 2 heterocycles. The van der Waals surface area contributed by atoms with Crippen LogP contribution in [-0.4, -0.2) is 14.5 Å². The molecule has 3 aromatic rings. The van der Waals surface area contributed by atoms with E-state index in [9.17, 15) is 0 Å². The molecule has 0 N–H and O–H groups in total. The third-order valence-electron chi connectivity index (χ3n) is 3.40. The predicted molar refractivity (Wildman–Crippen MR) is 82.6 cm³/mol. The van der Waals surface area contributed by atoms with Gasteiger partial charge in [0, 0.05) is 6.20 Å². The van der Waals surface area contributed by atoms with Crippen molar-refractivity contribution in [3.8, 4) is 5.69 Å². The molecule has 0 radical (unpaired) electrons. The number of alkyl halides is 1. The lowest BCUT2D eigenvalue weighted by atomic mass is 10.1. The summed E-state index contributed by atoms with van der Waals surface area (Å²) in [4.78, 5) is 9.10. The van der Waals surface area contributed by atoms with Crippen LogP contribution in [0.25, 0.3) is 16.9 Å². The molecule has 1 unspecified atom stereocenters. The smallest absolute Gasteiger partial charge is 0.164 e. The zero-order valence-electron chi connectivity index (χ0n) is 11.8. The van der Waals surface area contributed by atoms with Gasteiger partial charge in [-0.25, -0.2) is 9.97 Å². The van der Waals surface area contributed by atoms with E-state index in [0.29, 0.717) is 0 Å². The minimum absolute atomic E-state index is 0.177. The first-order valence-electron chi connectivity index (χ1n) is 6.63.